The summed E-state index contributed by atoms with van der Waals surface area (Å²) in [5.74, 6) is -0.650. The first kappa shape index (κ1) is 17.7. The molecule has 132 valence electrons. The van der Waals surface area contributed by atoms with Crippen LogP contribution in [0.5, 0.6) is 5.75 Å². The summed E-state index contributed by atoms with van der Waals surface area (Å²) in [6.07, 6.45) is 1.53. The molecule has 3 aromatic rings. The Kier molecular flexibility index (Phi) is 5.34. The van der Waals surface area contributed by atoms with Crippen molar-refractivity contribution in [3.05, 3.63) is 65.4 Å². The maximum Gasteiger partial charge on any atom is 0.358 e. The molecular weight excluding hydrogens is 356 g/mol. The molecule has 0 radical (unpaired) electrons. The first-order valence-electron chi connectivity index (χ1n) is 7.73. The van der Waals surface area contributed by atoms with E-state index in [0.29, 0.717) is 21.8 Å². The Morgan fingerprint density at radius 2 is 1.96 bits per heavy atom. The van der Waals surface area contributed by atoms with E-state index in [2.05, 4.69) is 10.3 Å². The molecular formula is C19H15ClN2O4. The Labute approximate surface area is 154 Å². The summed E-state index contributed by atoms with van der Waals surface area (Å²) in [6, 6.07) is 13.9. The molecule has 1 N–H and O–H groups in total. The fourth-order valence-corrected chi connectivity index (χ4v) is 2.68. The second kappa shape index (κ2) is 7.84. The monoisotopic (exact) mass is 370 g/mol. The minimum Gasteiger partial charge on any atom is -0.495 e. The number of ether oxygens (including phenoxy) is 2. The highest BCUT2D eigenvalue weighted by Gasteiger charge is 2.15. The zero-order valence-corrected chi connectivity index (χ0v) is 14.6. The van der Waals surface area contributed by atoms with Crippen molar-refractivity contribution in [2.24, 2.45) is 0 Å². The van der Waals surface area contributed by atoms with Gasteiger partial charge in [0.25, 0.3) is 5.91 Å². The van der Waals surface area contributed by atoms with Gasteiger partial charge in [0, 0.05) is 17.3 Å². The third-order valence-corrected chi connectivity index (χ3v) is 3.93. The smallest absolute Gasteiger partial charge is 0.358 e. The van der Waals surface area contributed by atoms with Gasteiger partial charge in [0.2, 0.25) is 0 Å². The van der Waals surface area contributed by atoms with Crippen LogP contribution in [0.15, 0.2) is 54.7 Å². The number of aromatic nitrogens is 1. The number of anilines is 1. The number of halogens is 1. The number of hydrogen-bond donors (Lipinski definition) is 1. The third kappa shape index (κ3) is 3.92. The van der Waals surface area contributed by atoms with Crippen molar-refractivity contribution >= 4 is 39.9 Å². The highest BCUT2D eigenvalue weighted by atomic mass is 35.5. The molecule has 0 fully saturated rings. The first-order valence-corrected chi connectivity index (χ1v) is 8.10. The fraction of sp³-hybridized carbons (Fsp3) is 0.105. The van der Waals surface area contributed by atoms with Gasteiger partial charge in [-0.1, -0.05) is 35.9 Å². The van der Waals surface area contributed by atoms with Crippen LogP contribution >= 0.6 is 11.6 Å². The van der Waals surface area contributed by atoms with Gasteiger partial charge in [0.1, 0.15) is 5.75 Å². The van der Waals surface area contributed by atoms with Gasteiger partial charge in [-0.2, -0.15) is 0 Å². The van der Waals surface area contributed by atoms with Gasteiger partial charge in [-0.15, -0.1) is 0 Å². The van der Waals surface area contributed by atoms with Crippen molar-refractivity contribution in [3.63, 3.8) is 0 Å². The number of rotatable bonds is 5. The van der Waals surface area contributed by atoms with Crippen LogP contribution in [0.4, 0.5) is 5.69 Å². The van der Waals surface area contributed by atoms with E-state index in [9.17, 15) is 9.59 Å². The first-order chi connectivity index (χ1) is 12.6. The minimum atomic E-state index is -0.662. The Morgan fingerprint density at radius 3 is 2.73 bits per heavy atom. The lowest BCUT2D eigenvalue weighted by atomic mass is 10.1. The van der Waals surface area contributed by atoms with Crippen molar-refractivity contribution in [2.45, 2.75) is 0 Å². The van der Waals surface area contributed by atoms with Gasteiger partial charge in [-0.3, -0.25) is 4.79 Å². The predicted molar refractivity (Wildman–Crippen MR) is 98.7 cm³/mol. The van der Waals surface area contributed by atoms with Gasteiger partial charge >= 0.3 is 5.97 Å². The lowest BCUT2D eigenvalue weighted by Gasteiger charge is -2.09. The number of amides is 1. The molecule has 0 spiro atoms. The van der Waals surface area contributed by atoms with Crippen LogP contribution in [0.25, 0.3) is 10.8 Å². The van der Waals surface area contributed by atoms with Gasteiger partial charge in [0.05, 0.1) is 12.1 Å². The Bertz CT molecular complexity index is 969. The second-order valence-corrected chi connectivity index (χ2v) is 5.76. The van der Waals surface area contributed by atoms with Crippen LogP contribution in [0.1, 0.15) is 10.5 Å². The van der Waals surface area contributed by atoms with Crippen LogP contribution in [0.2, 0.25) is 5.02 Å². The maximum absolute atomic E-state index is 12.3. The zero-order chi connectivity index (χ0) is 18.5. The number of carbonyl (C=O) groups excluding carboxylic acids is 2. The fourth-order valence-electron chi connectivity index (χ4n) is 2.42. The molecule has 6 nitrogen and oxygen atoms in total. The van der Waals surface area contributed by atoms with E-state index in [1.807, 2.05) is 12.1 Å². The summed E-state index contributed by atoms with van der Waals surface area (Å²) in [7, 11) is 1.50. The molecule has 0 aliphatic carbocycles. The van der Waals surface area contributed by atoms with Crippen LogP contribution in [0.3, 0.4) is 0 Å². The number of nitrogens with one attached hydrogen (secondary N) is 1. The van der Waals surface area contributed by atoms with E-state index in [4.69, 9.17) is 21.1 Å². The van der Waals surface area contributed by atoms with Gasteiger partial charge in [0.15, 0.2) is 12.3 Å². The quantitative estimate of drug-likeness (QED) is 0.693. The van der Waals surface area contributed by atoms with Gasteiger partial charge in [-0.05, 0) is 29.7 Å². The molecule has 1 aromatic heterocycles. The molecule has 26 heavy (non-hydrogen) atoms. The molecule has 0 bridgehead atoms. The predicted octanol–water partition coefficient (Wildman–Crippen LogP) is 3.69. The molecule has 0 unspecified atom stereocenters. The molecule has 0 aliphatic rings. The van der Waals surface area contributed by atoms with Crippen molar-refractivity contribution in [3.8, 4) is 5.75 Å². The van der Waals surface area contributed by atoms with Crippen LogP contribution in [0, 0.1) is 0 Å². The van der Waals surface area contributed by atoms with E-state index >= 15 is 0 Å². The molecule has 1 amide bonds. The highest BCUT2D eigenvalue weighted by molar-refractivity contribution is 6.32. The number of hydrogen-bond acceptors (Lipinski definition) is 5. The Balaban J connectivity index is 1.64. The highest BCUT2D eigenvalue weighted by Crippen LogP contribution is 2.27. The summed E-state index contributed by atoms with van der Waals surface area (Å²) in [6.45, 7) is -0.437. The number of nitrogens with zero attached hydrogens (tertiary/aromatic N) is 1. The molecule has 0 aliphatic heterocycles. The number of methoxy groups -OCH3 is 1. The average molecular weight is 371 g/mol. The second-order valence-electron chi connectivity index (χ2n) is 5.35. The minimum absolute atomic E-state index is 0.170. The molecule has 7 heteroatoms. The van der Waals surface area contributed by atoms with E-state index in [1.165, 1.54) is 13.3 Å². The number of fused-ring (bicyclic) bond motifs is 1. The summed E-state index contributed by atoms with van der Waals surface area (Å²) in [5, 5.41) is 4.50. The van der Waals surface area contributed by atoms with Gasteiger partial charge < -0.3 is 14.8 Å². The van der Waals surface area contributed by atoms with Crippen molar-refractivity contribution < 1.29 is 19.1 Å². The van der Waals surface area contributed by atoms with Gasteiger partial charge in [-0.25, -0.2) is 9.78 Å². The van der Waals surface area contributed by atoms with Crippen LogP contribution in [-0.2, 0) is 9.53 Å². The normalized spacial score (nSPS) is 10.4. The largest absolute Gasteiger partial charge is 0.495 e. The van der Waals surface area contributed by atoms with E-state index < -0.39 is 18.5 Å². The molecule has 0 saturated carbocycles. The Hall–Kier alpha value is -3.12. The van der Waals surface area contributed by atoms with E-state index in [1.54, 1.807) is 36.4 Å². The van der Waals surface area contributed by atoms with E-state index in [-0.39, 0.29) is 5.69 Å². The SMILES string of the molecule is COc1ccc(NC(=O)COC(=O)c2nccc3ccccc23)cc1Cl. The zero-order valence-electron chi connectivity index (χ0n) is 13.9. The number of pyridine rings is 1. The topological polar surface area (TPSA) is 77.5 Å². The Morgan fingerprint density at radius 1 is 1.15 bits per heavy atom. The number of esters is 1. The third-order valence-electron chi connectivity index (χ3n) is 3.64. The maximum atomic E-state index is 12.3. The molecule has 0 atom stereocenters. The summed E-state index contributed by atoms with van der Waals surface area (Å²) in [4.78, 5) is 28.3. The van der Waals surface area contributed by atoms with Crippen LogP contribution in [-0.4, -0.2) is 30.6 Å². The van der Waals surface area contributed by atoms with E-state index in [0.717, 1.165) is 5.39 Å². The van der Waals surface area contributed by atoms with Crippen molar-refractivity contribution in [2.75, 3.05) is 19.0 Å². The van der Waals surface area contributed by atoms with Crippen LogP contribution < -0.4 is 10.1 Å². The average Bonchev–Trinajstić information content (AvgIpc) is 2.66. The number of carbonyl (C=O) groups is 2. The lowest BCUT2D eigenvalue weighted by molar-refractivity contribution is -0.119. The molecule has 0 saturated heterocycles. The molecule has 2 aromatic carbocycles. The van der Waals surface area contributed by atoms with Crippen molar-refractivity contribution in [1.82, 2.24) is 4.98 Å². The molecule has 1 heterocycles. The summed E-state index contributed by atoms with van der Waals surface area (Å²) < 4.78 is 10.1. The lowest BCUT2D eigenvalue weighted by Crippen LogP contribution is -2.21. The summed E-state index contributed by atoms with van der Waals surface area (Å²) >= 11 is 6.01. The molecule has 3 rings (SSSR count). The number of benzene rings is 2. The standard InChI is InChI=1S/C19H15ClN2O4/c1-25-16-7-6-13(10-15(16)20)22-17(23)11-26-19(24)18-14-5-3-2-4-12(14)8-9-21-18/h2-10H,11H2,1H3,(H,22,23). The summed E-state index contributed by atoms with van der Waals surface area (Å²) in [5.41, 5.74) is 0.642. The van der Waals surface area contributed by atoms with Crippen molar-refractivity contribution in [1.29, 1.82) is 0 Å².